The maximum atomic E-state index is 12.9. The van der Waals surface area contributed by atoms with Crippen molar-refractivity contribution in [2.45, 2.75) is 26.7 Å². The molecule has 0 saturated carbocycles. The van der Waals surface area contributed by atoms with Crippen molar-refractivity contribution >= 4 is 0 Å². The van der Waals surface area contributed by atoms with Gasteiger partial charge in [0.25, 0.3) is 0 Å². The van der Waals surface area contributed by atoms with Gasteiger partial charge in [-0.2, -0.15) is 23.1 Å². The quantitative estimate of drug-likeness (QED) is 0.295. The molecule has 2 aromatic carbocycles. The number of phenolic OH excluding ortho intramolecular Hbond substituents is 1. The van der Waals surface area contributed by atoms with Crippen LogP contribution in [0, 0.1) is 17.8 Å². The van der Waals surface area contributed by atoms with Crippen LogP contribution in [-0.4, -0.2) is 29.3 Å². The zero-order chi connectivity index (χ0) is 27.2. The average molecular weight is 539 g/mol. The Morgan fingerprint density at radius 1 is 0.684 bits per heavy atom. The molecule has 0 spiro atoms. The first-order chi connectivity index (χ1) is 17.8. The molecule has 38 heavy (non-hydrogen) atoms. The maximum Gasteiger partial charge on any atom is 1.00 e. The van der Waals surface area contributed by atoms with Crippen molar-refractivity contribution in [2.24, 2.45) is 0 Å². The fraction of sp³-hybridized carbons (Fsp3) is 0.214. The fourth-order valence-electron chi connectivity index (χ4n) is 2.90. The van der Waals surface area contributed by atoms with Crippen molar-refractivity contribution in [3.63, 3.8) is 0 Å². The zero-order valence-corrected chi connectivity index (χ0v) is 24.0. The molecule has 0 atom stereocenters. The predicted octanol–water partition coefficient (Wildman–Crippen LogP) is 4.02. The Balaban J connectivity index is 0.000000591. The second-order valence-corrected chi connectivity index (χ2v) is 7.38. The van der Waals surface area contributed by atoms with Gasteiger partial charge in [0.1, 0.15) is 0 Å². The summed E-state index contributed by atoms with van der Waals surface area (Å²) in [6.07, 6.45) is 1.87. The monoisotopic (exact) mass is 538 g/mol. The summed E-state index contributed by atoms with van der Waals surface area (Å²) in [6.45, 7) is 4.12. The van der Waals surface area contributed by atoms with Gasteiger partial charge in [-0.05, 0) is 66.4 Å². The average Bonchev–Trinajstić information content (AvgIpc) is 2.90. The summed E-state index contributed by atoms with van der Waals surface area (Å²) in [7, 11) is 3.12. The Labute approximate surface area is 244 Å². The van der Waals surface area contributed by atoms with Crippen LogP contribution in [0.5, 0.6) is 28.9 Å². The molecule has 0 aliphatic carbocycles. The molecule has 1 N–H and O–H groups in total. The van der Waals surface area contributed by atoms with Crippen molar-refractivity contribution < 1.29 is 63.5 Å². The first-order valence-electron chi connectivity index (χ1n) is 11.4. The minimum Gasteiger partial charge on any atom is -1.00 e. The smallest absolute Gasteiger partial charge is 1.00 e. The molecule has 4 aromatic rings. The Bertz CT molecular complexity index is 1270. The van der Waals surface area contributed by atoms with Crippen molar-refractivity contribution in [1.82, 2.24) is 9.97 Å². The Hall–Kier alpha value is -3.27. The number of ether oxygens (including phenoxy) is 3. The number of rotatable bonds is 6. The van der Waals surface area contributed by atoms with Gasteiger partial charge >= 0.3 is 29.6 Å². The Morgan fingerprint density at radius 2 is 1.18 bits per heavy atom. The van der Waals surface area contributed by atoms with E-state index in [0.717, 1.165) is 30.5 Å². The van der Waals surface area contributed by atoms with E-state index in [1.807, 2.05) is 24.3 Å². The van der Waals surface area contributed by atoms with Crippen molar-refractivity contribution in [2.75, 3.05) is 14.2 Å². The van der Waals surface area contributed by atoms with Gasteiger partial charge in [-0.3, -0.25) is 0 Å². The van der Waals surface area contributed by atoms with E-state index < -0.39 is 17.8 Å². The summed E-state index contributed by atoms with van der Waals surface area (Å²) >= 11 is 0. The van der Waals surface area contributed by atoms with Gasteiger partial charge in [-0.25, -0.2) is 0 Å². The van der Waals surface area contributed by atoms with E-state index in [9.17, 15) is 18.3 Å². The molecule has 0 unspecified atom stereocenters. The van der Waals surface area contributed by atoms with Crippen molar-refractivity contribution in [3.05, 3.63) is 102 Å². The van der Waals surface area contributed by atoms with Gasteiger partial charge in [0.15, 0.2) is 23.0 Å². The number of nitrogens with zero attached hydrogens (tertiary/aromatic N) is 2. The minimum atomic E-state index is -0.787. The molecule has 198 valence electrons. The number of hydrogen-bond acceptors (Lipinski definition) is 6. The minimum absolute atomic E-state index is 0. The molecule has 6 nitrogen and oxygen atoms in total. The number of pyridine rings is 2. The van der Waals surface area contributed by atoms with Crippen LogP contribution in [0.2, 0.25) is 0 Å². The van der Waals surface area contributed by atoms with Crippen molar-refractivity contribution in [1.29, 1.82) is 0 Å². The Morgan fingerprint density at radius 3 is 1.66 bits per heavy atom. The number of hydrogen-bond donors (Lipinski definition) is 1. The largest absolute Gasteiger partial charge is 1.00 e. The summed E-state index contributed by atoms with van der Waals surface area (Å²) in [5, 5.41) is 9.21. The standard InChI is InChI=1S/C14H14FNO2.C9H12O2.C5H3F2N.Na.H/c1-3-10-7-8-11(12(9-10)17-2)18-14-6-4-5-13(15)16-14;1-3-7-4-5-8(10)9(6-7)11-2;6-4-2-1-3-5(7)8-4;;/h4-9H,3H2,1-2H3;4-6,10H,3H2,1-2H3;1-3H;;/q;;;+1;-1. The first kappa shape index (κ1) is 32.8. The summed E-state index contributed by atoms with van der Waals surface area (Å²) in [4.78, 5) is 6.48. The number of aryl methyl sites for hydroxylation is 2. The molecule has 0 aliphatic rings. The van der Waals surface area contributed by atoms with Gasteiger partial charge in [0, 0.05) is 6.07 Å². The first-order valence-corrected chi connectivity index (χ1v) is 11.4. The van der Waals surface area contributed by atoms with Crippen LogP contribution in [0.4, 0.5) is 13.2 Å². The zero-order valence-electron chi connectivity index (χ0n) is 23.0. The maximum absolute atomic E-state index is 12.9. The van der Waals surface area contributed by atoms with Crippen LogP contribution in [0.1, 0.15) is 26.4 Å². The van der Waals surface area contributed by atoms with Gasteiger partial charge in [-0.1, -0.05) is 38.1 Å². The third-order valence-electron chi connectivity index (χ3n) is 4.87. The number of aromatic nitrogens is 2. The van der Waals surface area contributed by atoms with E-state index in [-0.39, 0.29) is 42.6 Å². The molecule has 2 aromatic heterocycles. The molecule has 0 bridgehead atoms. The third-order valence-corrected chi connectivity index (χ3v) is 4.87. The van der Waals surface area contributed by atoms with Crippen LogP contribution >= 0.6 is 0 Å². The molecule has 0 fully saturated rings. The number of phenols is 1. The molecule has 0 radical (unpaired) electrons. The van der Waals surface area contributed by atoms with E-state index in [1.165, 1.54) is 17.7 Å². The van der Waals surface area contributed by atoms with E-state index >= 15 is 0 Å². The van der Waals surface area contributed by atoms with Crippen molar-refractivity contribution in [3.8, 4) is 28.9 Å². The van der Waals surface area contributed by atoms with Crippen LogP contribution in [0.15, 0.2) is 72.8 Å². The van der Waals surface area contributed by atoms with Gasteiger partial charge in [-0.15, -0.1) is 0 Å². The molecular formula is C28H30F3N2NaO4. The SMILES string of the molecule is CCc1ccc(O)c(OC)c1.CCc1ccc(Oc2cccc(F)n2)c(OC)c1.Fc1cccc(F)n1.[H-].[Na+]. The molecular weight excluding hydrogens is 508 g/mol. The molecule has 2 heterocycles. The van der Waals surface area contributed by atoms with E-state index in [0.29, 0.717) is 17.2 Å². The normalized spacial score (nSPS) is 9.55. The number of halogens is 3. The van der Waals surface area contributed by atoms with Gasteiger partial charge in [0.05, 0.1) is 14.2 Å². The number of methoxy groups -OCH3 is 2. The fourth-order valence-corrected chi connectivity index (χ4v) is 2.90. The molecule has 10 heteroatoms. The number of benzene rings is 2. The molecule has 0 amide bonds. The summed E-state index contributed by atoms with van der Waals surface area (Å²) in [5.41, 5.74) is 2.31. The van der Waals surface area contributed by atoms with Crippen LogP contribution < -0.4 is 43.8 Å². The van der Waals surface area contributed by atoms with Crippen LogP contribution in [0.25, 0.3) is 0 Å². The summed E-state index contributed by atoms with van der Waals surface area (Å²) in [6, 6.07) is 18.9. The number of aromatic hydroxyl groups is 1. The van der Waals surface area contributed by atoms with Gasteiger partial charge < -0.3 is 20.7 Å². The van der Waals surface area contributed by atoms with E-state index in [4.69, 9.17) is 14.2 Å². The van der Waals surface area contributed by atoms with Crippen LogP contribution in [-0.2, 0) is 12.8 Å². The summed E-state index contributed by atoms with van der Waals surface area (Å²) in [5.74, 6) is -0.0635. The van der Waals surface area contributed by atoms with E-state index in [1.54, 1.807) is 38.5 Å². The van der Waals surface area contributed by atoms with Crippen LogP contribution in [0.3, 0.4) is 0 Å². The predicted molar refractivity (Wildman–Crippen MR) is 136 cm³/mol. The topological polar surface area (TPSA) is 73.7 Å². The molecule has 0 saturated heterocycles. The second kappa shape index (κ2) is 17.3. The third kappa shape index (κ3) is 11.0. The summed E-state index contributed by atoms with van der Waals surface area (Å²) < 4.78 is 52.3. The van der Waals surface area contributed by atoms with Gasteiger partial charge in [0.2, 0.25) is 23.7 Å². The second-order valence-electron chi connectivity index (χ2n) is 7.38. The molecule has 0 aliphatic heterocycles. The Kier molecular flexibility index (Phi) is 14.9. The molecule has 4 rings (SSSR count). The van der Waals surface area contributed by atoms with E-state index in [2.05, 4.69) is 23.8 Å².